The SMILES string of the molecule is Cc1ccc(S(=O)(=O)NCCn2c(-c3ccncc3)nc3ccccc32)cc1C. The Morgan fingerprint density at radius 1 is 0.966 bits per heavy atom. The summed E-state index contributed by atoms with van der Waals surface area (Å²) in [7, 11) is -3.58. The number of benzene rings is 2. The second-order valence-electron chi connectivity index (χ2n) is 6.96. The third kappa shape index (κ3) is 3.92. The molecule has 0 aliphatic carbocycles. The van der Waals surface area contributed by atoms with Gasteiger partial charge >= 0.3 is 0 Å². The molecule has 0 atom stereocenters. The van der Waals surface area contributed by atoms with Gasteiger partial charge in [0.15, 0.2) is 0 Å². The van der Waals surface area contributed by atoms with Crippen molar-refractivity contribution in [2.45, 2.75) is 25.3 Å². The van der Waals surface area contributed by atoms with Gasteiger partial charge in [0.25, 0.3) is 0 Å². The Balaban J connectivity index is 1.60. The van der Waals surface area contributed by atoms with E-state index in [4.69, 9.17) is 4.98 Å². The van der Waals surface area contributed by atoms with Crippen LogP contribution in [0.4, 0.5) is 0 Å². The van der Waals surface area contributed by atoms with E-state index in [2.05, 4.69) is 9.71 Å². The molecule has 0 saturated heterocycles. The normalized spacial score (nSPS) is 11.8. The van der Waals surface area contributed by atoms with Crippen molar-refractivity contribution in [3.05, 3.63) is 78.1 Å². The number of sulfonamides is 1. The Morgan fingerprint density at radius 2 is 1.72 bits per heavy atom. The van der Waals surface area contributed by atoms with Crippen LogP contribution in [0.25, 0.3) is 22.4 Å². The van der Waals surface area contributed by atoms with Gasteiger partial charge in [0.1, 0.15) is 5.82 Å². The summed E-state index contributed by atoms with van der Waals surface area (Å²) >= 11 is 0. The summed E-state index contributed by atoms with van der Waals surface area (Å²) in [5.41, 5.74) is 4.79. The highest BCUT2D eigenvalue weighted by Crippen LogP contribution is 2.24. The molecule has 0 fully saturated rings. The zero-order valence-corrected chi connectivity index (χ0v) is 17.1. The Bertz CT molecular complexity index is 1260. The monoisotopic (exact) mass is 406 g/mol. The van der Waals surface area contributed by atoms with Crippen LogP contribution in [-0.4, -0.2) is 29.5 Å². The van der Waals surface area contributed by atoms with Crippen molar-refractivity contribution in [3.63, 3.8) is 0 Å². The fourth-order valence-corrected chi connectivity index (χ4v) is 4.39. The summed E-state index contributed by atoms with van der Waals surface area (Å²) in [4.78, 5) is 9.09. The highest BCUT2D eigenvalue weighted by molar-refractivity contribution is 7.89. The number of aromatic nitrogens is 3. The number of para-hydroxylation sites is 2. The molecule has 2 aromatic carbocycles. The third-order valence-electron chi connectivity index (χ3n) is 5.01. The quantitative estimate of drug-likeness (QED) is 0.530. The smallest absolute Gasteiger partial charge is 0.240 e. The first-order chi connectivity index (χ1) is 14.0. The predicted octanol–water partition coefficient (Wildman–Crippen LogP) is 3.69. The molecule has 2 heterocycles. The summed E-state index contributed by atoms with van der Waals surface area (Å²) in [5.74, 6) is 0.791. The van der Waals surface area contributed by atoms with Crippen molar-refractivity contribution in [2.24, 2.45) is 0 Å². The average molecular weight is 407 g/mol. The molecule has 0 spiro atoms. The second-order valence-corrected chi connectivity index (χ2v) is 8.72. The van der Waals surface area contributed by atoms with Crippen molar-refractivity contribution >= 4 is 21.1 Å². The van der Waals surface area contributed by atoms with E-state index in [-0.39, 0.29) is 11.4 Å². The minimum atomic E-state index is -3.58. The number of pyridine rings is 1. The van der Waals surface area contributed by atoms with Crippen LogP contribution in [0.1, 0.15) is 11.1 Å². The van der Waals surface area contributed by atoms with Crippen molar-refractivity contribution in [1.29, 1.82) is 0 Å². The van der Waals surface area contributed by atoms with Crippen LogP contribution in [0, 0.1) is 13.8 Å². The van der Waals surface area contributed by atoms with Crippen LogP contribution < -0.4 is 4.72 Å². The summed E-state index contributed by atoms with van der Waals surface area (Å²) in [6.07, 6.45) is 3.45. The molecule has 0 aliphatic heterocycles. The maximum Gasteiger partial charge on any atom is 0.240 e. The summed E-state index contributed by atoms with van der Waals surface area (Å²) in [5, 5.41) is 0. The largest absolute Gasteiger partial charge is 0.323 e. The van der Waals surface area contributed by atoms with Gasteiger partial charge in [-0.05, 0) is 61.4 Å². The highest BCUT2D eigenvalue weighted by atomic mass is 32.2. The Kier molecular flexibility index (Phi) is 5.17. The van der Waals surface area contributed by atoms with Gasteiger partial charge < -0.3 is 4.57 Å². The van der Waals surface area contributed by atoms with Crippen LogP contribution in [0.3, 0.4) is 0 Å². The topological polar surface area (TPSA) is 76.9 Å². The van der Waals surface area contributed by atoms with E-state index in [1.54, 1.807) is 24.5 Å². The molecule has 4 aromatic rings. The lowest BCUT2D eigenvalue weighted by Gasteiger charge is -2.12. The molecular formula is C22H22N4O2S. The molecule has 0 amide bonds. The van der Waals surface area contributed by atoms with Gasteiger partial charge in [-0.2, -0.15) is 0 Å². The molecule has 29 heavy (non-hydrogen) atoms. The Hall–Kier alpha value is -3.03. The van der Waals surface area contributed by atoms with Crippen LogP contribution >= 0.6 is 0 Å². The van der Waals surface area contributed by atoms with Gasteiger partial charge in [-0.3, -0.25) is 4.98 Å². The van der Waals surface area contributed by atoms with Crippen molar-refractivity contribution in [3.8, 4) is 11.4 Å². The lowest BCUT2D eigenvalue weighted by molar-refractivity contribution is 0.574. The molecule has 0 aliphatic rings. The van der Waals surface area contributed by atoms with Crippen LogP contribution in [0.5, 0.6) is 0 Å². The lowest BCUT2D eigenvalue weighted by atomic mass is 10.1. The second kappa shape index (κ2) is 7.77. The number of fused-ring (bicyclic) bond motifs is 1. The van der Waals surface area contributed by atoms with Crippen molar-refractivity contribution in [2.75, 3.05) is 6.54 Å². The number of nitrogens with zero attached hydrogens (tertiary/aromatic N) is 3. The van der Waals surface area contributed by atoms with Gasteiger partial charge in [-0.15, -0.1) is 0 Å². The van der Waals surface area contributed by atoms with Gasteiger partial charge in [-0.25, -0.2) is 18.1 Å². The maximum atomic E-state index is 12.7. The molecule has 2 aromatic heterocycles. The number of aryl methyl sites for hydroxylation is 2. The fraction of sp³-hybridized carbons (Fsp3) is 0.182. The molecule has 0 radical (unpaired) electrons. The summed E-state index contributed by atoms with van der Waals surface area (Å²) in [6, 6.07) is 16.8. The van der Waals surface area contributed by atoms with E-state index in [0.717, 1.165) is 33.5 Å². The zero-order chi connectivity index (χ0) is 20.4. The number of nitrogens with one attached hydrogen (secondary N) is 1. The fourth-order valence-electron chi connectivity index (χ4n) is 3.28. The number of hydrogen-bond acceptors (Lipinski definition) is 4. The number of rotatable bonds is 6. The Labute approximate surface area is 170 Å². The summed E-state index contributed by atoms with van der Waals surface area (Å²) < 4.78 is 30.1. The van der Waals surface area contributed by atoms with Crippen LogP contribution in [-0.2, 0) is 16.6 Å². The van der Waals surface area contributed by atoms with E-state index >= 15 is 0 Å². The number of imidazole rings is 1. The highest BCUT2D eigenvalue weighted by Gasteiger charge is 2.16. The molecule has 4 rings (SSSR count). The van der Waals surface area contributed by atoms with Crippen molar-refractivity contribution in [1.82, 2.24) is 19.3 Å². The first-order valence-corrected chi connectivity index (χ1v) is 10.9. The molecule has 1 N–H and O–H groups in total. The molecule has 148 valence electrons. The number of hydrogen-bond donors (Lipinski definition) is 1. The molecule has 7 heteroatoms. The third-order valence-corrected chi connectivity index (χ3v) is 6.47. The van der Waals surface area contributed by atoms with Crippen molar-refractivity contribution < 1.29 is 8.42 Å². The maximum absolute atomic E-state index is 12.7. The van der Waals surface area contributed by atoms with Gasteiger partial charge in [-0.1, -0.05) is 18.2 Å². The van der Waals surface area contributed by atoms with E-state index in [1.807, 2.05) is 60.9 Å². The minimum absolute atomic E-state index is 0.258. The van der Waals surface area contributed by atoms with E-state index in [0.29, 0.717) is 6.54 Å². The molecule has 0 saturated carbocycles. The van der Waals surface area contributed by atoms with Crippen LogP contribution in [0.2, 0.25) is 0 Å². The van der Waals surface area contributed by atoms with E-state index < -0.39 is 10.0 Å². The summed E-state index contributed by atoms with van der Waals surface area (Å²) in [6.45, 7) is 4.59. The average Bonchev–Trinajstić information content (AvgIpc) is 3.09. The first kappa shape index (κ1) is 19.3. The van der Waals surface area contributed by atoms with E-state index in [1.165, 1.54) is 0 Å². The zero-order valence-electron chi connectivity index (χ0n) is 16.3. The minimum Gasteiger partial charge on any atom is -0.323 e. The molecule has 0 unspecified atom stereocenters. The predicted molar refractivity (Wildman–Crippen MR) is 114 cm³/mol. The van der Waals surface area contributed by atoms with Gasteiger partial charge in [0.2, 0.25) is 10.0 Å². The van der Waals surface area contributed by atoms with Crippen LogP contribution in [0.15, 0.2) is 71.9 Å². The van der Waals surface area contributed by atoms with Gasteiger partial charge in [0, 0.05) is 31.0 Å². The Morgan fingerprint density at radius 3 is 2.48 bits per heavy atom. The lowest BCUT2D eigenvalue weighted by Crippen LogP contribution is -2.27. The molecule has 0 bridgehead atoms. The molecule has 6 nitrogen and oxygen atoms in total. The standard InChI is InChI=1S/C22H22N4O2S/c1-16-7-8-19(15-17(16)2)29(27,28)24-13-14-26-21-6-4-3-5-20(21)25-22(26)18-9-11-23-12-10-18/h3-12,15,24H,13-14H2,1-2H3. The first-order valence-electron chi connectivity index (χ1n) is 9.38. The van der Waals surface area contributed by atoms with E-state index in [9.17, 15) is 8.42 Å². The molecular weight excluding hydrogens is 384 g/mol. The van der Waals surface area contributed by atoms with Gasteiger partial charge in [0.05, 0.1) is 15.9 Å².